The average Bonchev–Trinajstić information content (AvgIpc) is 3.47. The lowest BCUT2D eigenvalue weighted by Crippen LogP contribution is -2.42. The Morgan fingerprint density at radius 2 is 1.84 bits per heavy atom. The highest BCUT2D eigenvalue weighted by Crippen LogP contribution is 2.39. The first-order valence-corrected chi connectivity index (χ1v) is 11.8. The fourth-order valence-corrected chi connectivity index (χ4v) is 4.14. The molecule has 0 bridgehead atoms. The number of nitrogens with one attached hydrogen (secondary N) is 4. The van der Waals surface area contributed by atoms with Gasteiger partial charge >= 0.3 is 0 Å². The summed E-state index contributed by atoms with van der Waals surface area (Å²) in [7, 11) is 4.44. The van der Waals surface area contributed by atoms with Crippen molar-refractivity contribution in [1.29, 1.82) is 0 Å². The molecule has 2 aromatic rings. The van der Waals surface area contributed by atoms with Gasteiger partial charge in [-0.3, -0.25) is 25.0 Å². The van der Waals surface area contributed by atoms with Crippen LogP contribution in [-0.4, -0.2) is 70.3 Å². The largest absolute Gasteiger partial charge is 0.493 e. The zero-order chi connectivity index (χ0) is 26.6. The van der Waals surface area contributed by atoms with E-state index in [1.54, 1.807) is 23.3 Å². The summed E-state index contributed by atoms with van der Waals surface area (Å²) in [5.41, 5.74) is 8.13. The molecule has 1 atom stereocenters. The smallest absolute Gasteiger partial charge is 0.271 e. The molecule has 0 saturated heterocycles. The number of methoxy groups -OCH3 is 3. The van der Waals surface area contributed by atoms with Crippen LogP contribution in [0, 0.1) is 0 Å². The molecule has 5 rings (SSSR count). The fourth-order valence-electron chi connectivity index (χ4n) is 4.14. The lowest BCUT2D eigenvalue weighted by molar-refractivity contribution is -0.118. The van der Waals surface area contributed by atoms with E-state index in [2.05, 4.69) is 26.6 Å². The molecule has 4 N–H and O–H groups in total. The second-order valence-corrected chi connectivity index (χ2v) is 8.44. The van der Waals surface area contributed by atoms with Crippen molar-refractivity contribution >= 4 is 17.5 Å². The predicted octanol–water partition coefficient (Wildman–Crippen LogP) is 0.649. The van der Waals surface area contributed by atoms with Crippen molar-refractivity contribution in [3.05, 3.63) is 53.4 Å². The maximum atomic E-state index is 13.0. The van der Waals surface area contributed by atoms with Gasteiger partial charge in [-0.1, -0.05) is 6.07 Å². The van der Waals surface area contributed by atoms with Crippen LogP contribution in [0.3, 0.4) is 0 Å². The van der Waals surface area contributed by atoms with Gasteiger partial charge in [0.25, 0.3) is 11.8 Å². The highest BCUT2D eigenvalue weighted by atomic mass is 16.7. The lowest BCUT2D eigenvalue weighted by atomic mass is 10.0. The molecule has 13 nitrogen and oxygen atoms in total. The van der Waals surface area contributed by atoms with Gasteiger partial charge in [0, 0.05) is 12.7 Å². The topological polar surface area (TPSA) is 144 Å². The van der Waals surface area contributed by atoms with Gasteiger partial charge in [0.1, 0.15) is 5.70 Å². The van der Waals surface area contributed by atoms with Crippen LogP contribution in [-0.2, 0) is 4.79 Å². The molecular weight excluding hydrogens is 496 g/mol. The molecule has 0 radical (unpaired) electrons. The van der Waals surface area contributed by atoms with E-state index in [1.807, 2.05) is 18.2 Å². The van der Waals surface area contributed by atoms with Crippen molar-refractivity contribution in [2.75, 3.05) is 47.8 Å². The van der Waals surface area contributed by atoms with Crippen LogP contribution < -0.4 is 45.3 Å². The Labute approximate surface area is 218 Å². The van der Waals surface area contributed by atoms with Crippen molar-refractivity contribution in [1.82, 2.24) is 26.6 Å². The van der Waals surface area contributed by atoms with Crippen molar-refractivity contribution in [3.63, 3.8) is 0 Å². The third kappa shape index (κ3) is 5.09. The number of ether oxygens (including phenoxy) is 5. The van der Waals surface area contributed by atoms with Crippen molar-refractivity contribution in [2.45, 2.75) is 6.04 Å². The van der Waals surface area contributed by atoms with E-state index < -0.39 is 0 Å². The summed E-state index contributed by atoms with van der Waals surface area (Å²) in [5.74, 6) is 1.74. The van der Waals surface area contributed by atoms with Crippen LogP contribution in [0.15, 0.2) is 47.2 Å². The second-order valence-electron chi connectivity index (χ2n) is 8.44. The van der Waals surface area contributed by atoms with Gasteiger partial charge in [0.05, 0.1) is 51.7 Å². The molecule has 2 amide bonds. The summed E-state index contributed by atoms with van der Waals surface area (Å²) in [6.45, 7) is 1.44. The van der Waals surface area contributed by atoms with E-state index in [4.69, 9.17) is 23.7 Å². The number of hydrogen-bond acceptors (Lipinski definition) is 11. The number of carbonyl (C=O) groups is 2. The monoisotopic (exact) mass is 524 g/mol. The SMILES string of the molecule is COc1ccc(C(=O)NCCN2C=C(C(=O)NC(C3=NC3)c3ccc4c(c3)OCO4)NN2)c(OC)c1OC. The van der Waals surface area contributed by atoms with Crippen molar-refractivity contribution in [3.8, 4) is 28.7 Å². The molecule has 0 saturated carbocycles. The molecule has 3 aliphatic heterocycles. The molecule has 38 heavy (non-hydrogen) atoms. The maximum Gasteiger partial charge on any atom is 0.271 e. The van der Waals surface area contributed by atoms with E-state index in [-0.39, 0.29) is 36.9 Å². The number of fused-ring (bicyclic) bond motifs is 1. The predicted molar refractivity (Wildman–Crippen MR) is 135 cm³/mol. The minimum Gasteiger partial charge on any atom is -0.493 e. The highest BCUT2D eigenvalue weighted by Gasteiger charge is 2.30. The van der Waals surface area contributed by atoms with E-state index in [9.17, 15) is 9.59 Å². The lowest BCUT2D eigenvalue weighted by Gasteiger charge is -2.17. The molecule has 0 aliphatic carbocycles. The number of rotatable bonds is 11. The number of nitrogens with zero attached hydrogens (tertiary/aromatic N) is 2. The maximum absolute atomic E-state index is 13.0. The summed E-state index contributed by atoms with van der Waals surface area (Å²) in [4.78, 5) is 30.0. The Morgan fingerprint density at radius 3 is 2.58 bits per heavy atom. The van der Waals surface area contributed by atoms with Gasteiger partial charge in [0.2, 0.25) is 12.5 Å². The van der Waals surface area contributed by atoms with Gasteiger partial charge in [-0.25, -0.2) is 0 Å². The van der Waals surface area contributed by atoms with Crippen molar-refractivity contribution in [2.24, 2.45) is 4.99 Å². The van der Waals surface area contributed by atoms with Gasteiger partial charge in [-0.2, -0.15) is 0 Å². The van der Waals surface area contributed by atoms with Gasteiger partial charge in [-0.05, 0) is 29.8 Å². The molecule has 3 heterocycles. The molecule has 200 valence electrons. The zero-order valence-electron chi connectivity index (χ0n) is 21.1. The summed E-state index contributed by atoms with van der Waals surface area (Å²) in [6, 6.07) is 8.43. The molecule has 2 aromatic carbocycles. The van der Waals surface area contributed by atoms with E-state index >= 15 is 0 Å². The molecule has 0 aromatic heterocycles. The summed E-state index contributed by atoms with van der Waals surface area (Å²) in [6.07, 6.45) is 1.63. The zero-order valence-corrected chi connectivity index (χ0v) is 21.1. The molecule has 3 aliphatic rings. The Bertz CT molecular complexity index is 1310. The quantitative estimate of drug-likeness (QED) is 0.331. The van der Waals surface area contributed by atoms with Gasteiger partial charge < -0.3 is 34.3 Å². The van der Waals surface area contributed by atoms with Crippen LogP contribution in [0.25, 0.3) is 0 Å². The summed E-state index contributed by atoms with van der Waals surface area (Å²) < 4.78 is 26.8. The minimum atomic E-state index is -0.371. The number of hydrogen-bond donors (Lipinski definition) is 4. The summed E-state index contributed by atoms with van der Waals surface area (Å²) in [5, 5.41) is 7.50. The van der Waals surface area contributed by atoms with Gasteiger partial charge in [-0.15, -0.1) is 5.53 Å². The highest BCUT2D eigenvalue weighted by molar-refractivity contribution is 6.05. The van der Waals surface area contributed by atoms with E-state index in [1.165, 1.54) is 21.3 Å². The second kappa shape index (κ2) is 10.8. The van der Waals surface area contributed by atoms with E-state index in [0.29, 0.717) is 47.3 Å². The van der Waals surface area contributed by atoms with Crippen LogP contribution >= 0.6 is 0 Å². The molecule has 0 fully saturated rings. The molecule has 13 heteroatoms. The Morgan fingerprint density at radius 1 is 1.05 bits per heavy atom. The first-order valence-electron chi connectivity index (χ1n) is 11.8. The first kappa shape index (κ1) is 25.0. The minimum absolute atomic E-state index is 0.178. The van der Waals surface area contributed by atoms with Crippen LogP contribution in [0.4, 0.5) is 0 Å². The summed E-state index contributed by atoms with van der Waals surface area (Å²) >= 11 is 0. The number of hydrazine groups is 2. The van der Waals surface area contributed by atoms with Crippen LogP contribution in [0.1, 0.15) is 22.0 Å². The first-order chi connectivity index (χ1) is 18.5. The number of benzene rings is 2. The Balaban J connectivity index is 1.17. The Hall–Kier alpha value is -4.65. The standard InChI is InChI=1S/C25H28N6O7/c1-34-19-7-5-15(22(35-2)23(19)36-3)24(32)26-8-9-31-12-17(29-30-31)25(33)28-21(16-11-27-16)14-4-6-18-20(10-14)38-13-37-18/h4-7,10,12,21,29-30H,8-9,11,13H2,1-3H3,(H,26,32)(H,28,33). The van der Waals surface area contributed by atoms with Crippen LogP contribution in [0.2, 0.25) is 0 Å². The number of aliphatic imine (C=N–C) groups is 1. The van der Waals surface area contributed by atoms with Crippen LogP contribution in [0.5, 0.6) is 28.7 Å². The molecule has 1 unspecified atom stereocenters. The number of amides is 2. The van der Waals surface area contributed by atoms with E-state index in [0.717, 1.165) is 11.3 Å². The molecular formula is C25H28N6O7. The Kier molecular flexibility index (Phi) is 7.09. The average molecular weight is 525 g/mol. The molecule has 0 spiro atoms. The third-order valence-electron chi connectivity index (χ3n) is 6.13. The number of carbonyl (C=O) groups excluding carboxylic acids is 2. The fraction of sp³-hybridized carbons (Fsp3) is 0.320. The normalized spacial score (nSPS) is 15.6. The van der Waals surface area contributed by atoms with Crippen molar-refractivity contribution < 1.29 is 33.3 Å². The van der Waals surface area contributed by atoms with Gasteiger partial charge in [0.15, 0.2) is 23.0 Å². The third-order valence-corrected chi connectivity index (χ3v) is 6.13.